The Morgan fingerprint density at radius 2 is 2.20 bits per heavy atom. The second kappa shape index (κ2) is 6.92. The lowest BCUT2D eigenvalue weighted by molar-refractivity contribution is -0.124. The van der Waals surface area contributed by atoms with Gasteiger partial charge < -0.3 is 9.88 Å². The molecule has 1 aliphatic carbocycles. The quantitative estimate of drug-likeness (QED) is 0.914. The fraction of sp³-hybridized carbons (Fsp3) is 0.579. The lowest BCUT2D eigenvalue weighted by Crippen LogP contribution is -2.44. The molecule has 1 saturated carbocycles. The zero-order chi connectivity index (χ0) is 17.4. The minimum Gasteiger partial charge on any atom is -0.353 e. The molecule has 2 aromatic heterocycles. The minimum absolute atomic E-state index is 0.128. The largest absolute Gasteiger partial charge is 0.353 e. The number of aryl methyl sites for hydroxylation is 2. The molecule has 134 valence electrons. The standard InChI is InChI=1S/C19H26N4OS/c1-13-7-8-25-17(13)11-23-9-15(18-16(10-23)20-12-22(18)2)19(24)21-14-5-3-4-6-14/h7-8,12,14-15H,3-6,9-11H2,1-2H3,(H,21,24)/t15-/m1/s1. The first-order chi connectivity index (χ1) is 12.1. The van der Waals surface area contributed by atoms with Crippen LogP contribution in [0.2, 0.25) is 0 Å². The molecule has 0 saturated heterocycles. The van der Waals surface area contributed by atoms with Crippen LogP contribution >= 0.6 is 11.3 Å². The van der Waals surface area contributed by atoms with Gasteiger partial charge in [0.1, 0.15) is 0 Å². The molecule has 0 radical (unpaired) electrons. The molecular formula is C19H26N4OS. The number of nitrogens with zero attached hydrogens (tertiary/aromatic N) is 3. The minimum atomic E-state index is -0.128. The van der Waals surface area contributed by atoms with Gasteiger partial charge in [0.15, 0.2) is 0 Å². The van der Waals surface area contributed by atoms with E-state index in [9.17, 15) is 4.79 Å². The molecule has 1 N–H and O–H groups in total. The van der Waals surface area contributed by atoms with E-state index in [1.807, 2.05) is 17.9 Å². The summed E-state index contributed by atoms with van der Waals surface area (Å²) < 4.78 is 2.03. The molecule has 1 fully saturated rings. The maximum absolute atomic E-state index is 13.0. The molecule has 1 atom stereocenters. The number of fused-ring (bicyclic) bond motifs is 1. The molecule has 25 heavy (non-hydrogen) atoms. The van der Waals surface area contributed by atoms with Crippen LogP contribution in [0.4, 0.5) is 0 Å². The van der Waals surface area contributed by atoms with Crippen LogP contribution in [0.1, 0.15) is 53.4 Å². The zero-order valence-electron chi connectivity index (χ0n) is 15.0. The summed E-state index contributed by atoms with van der Waals surface area (Å²) in [6, 6.07) is 2.53. The monoisotopic (exact) mass is 358 g/mol. The summed E-state index contributed by atoms with van der Waals surface area (Å²) in [5.74, 6) is 0.0430. The zero-order valence-corrected chi connectivity index (χ0v) is 15.8. The number of aromatic nitrogens is 2. The summed E-state index contributed by atoms with van der Waals surface area (Å²) in [6.07, 6.45) is 6.55. The summed E-state index contributed by atoms with van der Waals surface area (Å²) in [5, 5.41) is 5.44. The van der Waals surface area contributed by atoms with Crippen molar-refractivity contribution in [1.29, 1.82) is 0 Å². The van der Waals surface area contributed by atoms with Crippen molar-refractivity contribution in [3.63, 3.8) is 0 Å². The average molecular weight is 359 g/mol. The van der Waals surface area contributed by atoms with Gasteiger partial charge in [0.2, 0.25) is 5.91 Å². The van der Waals surface area contributed by atoms with Gasteiger partial charge in [0.25, 0.3) is 0 Å². The van der Waals surface area contributed by atoms with Gasteiger partial charge in [0, 0.05) is 37.6 Å². The Bertz CT molecular complexity index is 759. The molecule has 3 heterocycles. The highest BCUT2D eigenvalue weighted by atomic mass is 32.1. The lowest BCUT2D eigenvalue weighted by Gasteiger charge is -2.32. The van der Waals surface area contributed by atoms with Gasteiger partial charge >= 0.3 is 0 Å². The topological polar surface area (TPSA) is 50.2 Å². The highest BCUT2D eigenvalue weighted by Crippen LogP contribution is 2.30. The second-order valence-electron chi connectivity index (χ2n) is 7.43. The van der Waals surface area contributed by atoms with Crippen LogP contribution in [0.25, 0.3) is 0 Å². The Kier molecular flexibility index (Phi) is 4.65. The van der Waals surface area contributed by atoms with Crippen molar-refractivity contribution in [1.82, 2.24) is 19.8 Å². The maximum Gasteiger partial charge on any atom is 0.230 e. The fourth-order valence-corrected chi connectivity index (χ4v) is 5.09. The van der Waals surface area contributed by atoms with Crippen molar-refractivity contribution >= 4 is 17.2 Å². The van der Waals surface area contributed by atoms with E-state index < -0.39 is 0 Å². The van der Waals surface area contributed by atoms with E-state index in [4.69, 9.17) is 0 Å². The Morgan fingerprint density at radius 1 is 1.40 bits per heavy atom. The number of rotatable bonds is 4. The normalized spacial score (nSPS) is 21.4. The van der Waals surface area contributed by atoms with Crippen molar-refractivity contribution in [2.75, 3.05) is 6.54 Å². The third-order valence-electron chi connectivity index (χ3n) is 5.56. The first kappa shape index (κ1) is 16.8. The van der Waals surface area contributed by atoms with Crippen molar-refractivity contribution in [3.05, 3.63) is 39.6 Å². The van der Waals surface area contributed by atoms with Crippen molar-refractivity contribution < 1.29 is 4.79 Å². The van der Waals surface area contributed by atoms with Gasteiger partial charge in [-0.15, -0.1) is 11.3 Å². The van der Waals surface area contributed by atoms with E-state index in [2.05, 4.69) is 33.6 Å². The number of amides is 1. The average Bonchev–Trinajstić information content (AvgIpc) is 3.31. The summed E-state index contributed by atoms with van der Waals surface area (Å²) in [7, 11) is 2.00. The molecular weight excluding hydrogens is 332 g/mol. The van der Waals surface area contributed by atoms with Crippen LogP contribution in [0.3, 0.4) is 0 Å². The van der Waals surface area contributed by atoms with Gasteiger partial charge in [-0.05, 0) is 36.8 Å². The van der Waals surface area contributed by atoms with E-state index in [1.165, 1.54) is 23.3 Å². The molecule has 0 aromatic carbocycles. The molecule has 0 unspecified atom stereocenters. The molecule has 1 aliphatic heterocycles. The number of thiophene rings is 1. The first-order valence-electron chi connectivity index (χ1n) is 9.17. The van der Waals surface area contributed by atoms with Crippen LogP contribution in [-0.4, -0.2) is 32.9 Å². The number of carbonyl (C=O) groups is 1. The Balaban J connectivity index is 1.54. The SMILES string of the molecule is Cc1ccsc1CN1Cc2ncn(C)c2[C@H](C(=O)NC2CCCC2)C1. The molecule has 5 nitrogen and oxygen atoms in total. The number of nitrogens with one attached hydrogen (secondary N) is 1. The fourth-order valence-electron chi connectivity index (χ4n) is 4.15. The summed E-state index contributed by atoms with van der Waals surface area (Å²) >= 11 is 1.80. The van der Waals surface area contributed by atoms with Gasteiger partial charge in [0.05, 0.1) is 23.6 Å². The predicted molar refractivity (Wildman–Crippen MR) is 99.5 cm³/mol. The highest BCUT2D eigenvalue weighted by Gasteiger charge is 2.35. The van der Waals surface area contributed by atoms with Crippen LogP contribution in [-0.2, 0) is 24.9 Å². The van der Waals surface area contributed by atoms with Gasteiger partial charge in [-0.1, -0.05) is 12.8 Å². The summed E-state index contributed by atoms with van der Waals surface area (Å²) in [4.78, 5) is 21.3. The number of hydrogen-bond acceptors (Lipinski definition) is 4. The molecule has 4 rings (SSSR count). The van der Waals surface area contributed by atoms with E-state index in [0.29, 0.717) is 6.04 Å². The number of hydrogen-bond donors (Lipinski definition) is 1. The van der Waals surface area contributed by atoms with Crippen molar-refractivity contribution in [2.45, 2.75) is 57.7 Å². The van der Waals surface area contributed by atoms with Crippen LogP contribution in [0.15, 0.2) is 17.8 Å². The van der Waals surface area contributed by atoms with Crippen LogP contribution in [0, 0.1) is 6.92 Å². The molecule has 6 heteroatoms. The van der Waals surface area contributed by atoms with Gasteiger partial charge in [-0.3, -0.25) is 9.69 Å². The van der Waals surface area contributed by atoms with E-state index in [1.54, 1.807) is 11.3 Å². The van der Waals surface area contributed by atoms with Gasteiger partial charge in [-0.25, -0.2) is 4.98 Å². The smallest absolute Gasteiger partial charge is 0.230 e. The Morgan fingerprint density at radius 3 is 2.92 bits per heavy atom. The predicted octanol–water partition coefficient (Wildman–Crippen LogP) is 2.95. The van der Waals surface area contributed by atoms with Crippen molar-refractivity contribution in [2.24, 2.45) is 7.05 Å². The molecule has 2 aliphatic rings. The third kappa shape index (κ3) is 3.37. The van der Waals surface area contributed by atoms with Crippen LogP contribution in [0.5, 0.6) is 0 Å². The number of imidazole rings is 1. The number of carbonyl (C=O) groups excluding carboxylic acids is 1. The summed E-state index contributed by atoms with van der Waals surface area (Å²) in [5.41, 5.74) is 3.48. The van der Waals surface area contributed by atoms with E-state index in [-0.39, 0.29) is 11.8 Å². The van der Waals surface area contributed by atoms with Crippen molar-refractivity contribution in [3.8, 4) is 0 Å². The highest BCUT2D eigenvalue weighted by molar-refractivity contribution is 7.10. The Hall–Kier alpha value is -1.66. The van der Waals surface area contributed by atoms with Crippen LogP contribution < -0.4 is 5.32 Å². The van der Waals surface area contributed by atoms with E-state index in [0.717, 1.165) is 43.9 Å². The second-order valence-corrected chi connectivity index (χ2v) is 8.43. The van der Waals surface area contributed by atoms with E-state index >= 15 is 0 Å². The van der Waals surface area contributed by atoms with Gasteiger partial charge in [-0.2, -0.15) is 0 Å². The maximum atomic E-state index is 13.0. The molecule has 1 amide bonds. The third-order valence-corrected chi connectivity index (χ3v) is 6.57. The molecule has 0 spiro atoms. The molecule has 2 aromatic rings. The summed E-state index contributed by atoms with van der Waals surface area (Å²) in [6.45, 7) is 4.64. The lowest BCUT2D eigenvalue weighted by atomic mass is 9.96. The molecule has 0 bridgehead atoms. The first-order valence-corrected chi connectivity index (χ1v) is 10.1. The Labute approximate surface area is 153 Å².